The van der Waals surface area contributed by atoms with Crippen LogP contribution in [0.5, 0.6) is 0 Å². The van der Waals surface area contributed by atoms with Crippen molar-refractivity contribution in [1.82, 2.24) is 4.98 Å². The SMILES string of the molecule is COC(=O)c1ccnc(N2CC(C)SC(C)C2)c1. The summed E-state index contributed by atoms with van der Waals surface area (Å²) in [6.45, 7) is 6.37. The number of methoxy groups -OCH3 is 1. The molecule has 5 heteroatoms. The number of nitrogens with zero attached hydrogens (tertiary/aromatic N) is 2. The second kappa shape index (κ2) is 5.61. The van der Waals surface area contributed by atoms with Crippen molar-refractivity contribution in [3.05, 3.63) is 23.9 Å². The summed E-state index contributed by atoms with van der Waals surface area (Å²) >= 11 is 1.99. The van der Waals surface area contributed by atoms with E-state index in [0.29, 0.717) is 16.1 Å². The van der Waals surface area contributed by atoms with Crippen molar-refractivity contribution in [3.63, 3.8) is 0 Å². The molecular weight excluding hydrogens is 248 g/mol. The van der Waals surface area contributed by atoms with Crippen LogP contribution < -0.4 is 4.90 Å². The van der Waals surface area contributed by atoms with Crippen LogP contribution in [0, 0.1) is 0 Å². The first kappa shape index (κ1) is 13.2. The highest BCUT2D eigenvalue weighted by Crippen LogP contribution is 2.27. The Hall–Kier alpha value is -1.23. The van der Waals surface area contributed by atoms with Crippen LogP contribution in [-0.4, -0.2) is 41.7 Å². The van der Waals surface area contributed by atoms with E-state index in [0.717, 1.165) is 18.9 Å². The molecule has 0 spiro atoms. The second-order valence-corrected chi connectivity index (χ2v) is 6.44. The van der Waals surface area contributed by atoms with E-state index in [1.54, 1.807) is 18.3 Å². The number of thioether (sulfide) groups is 1. The standard InChI is InChI=1S/C13H18N2O2S/c1-9-7-15(8-10(2)18-9)12-6-11(4-5-14-12)13(16)17-3/h4-6,9-10H,7-8H2,1-3H3. The van der Waals surface area contributed by atoms with Gasteiger partial charge in [-0.1, -0.05) is 13.8 Å². The van der Waals surface area contributed by atoms with Crippen LogP contribution in [0.4, 0.5) is 5.82 Å². The van der Waals surface area contributed by atoms with Crippen molar-refractivity contribution in [3.8, 4) is 0 Å². The van der Waals surface area contributed by atoms with Crippen molar-refractivity contribution in [2.24, 2.45) is 0 Å². The van der Waals surface area contributed by atoms with Gasteiger partial charge < -0.3 is 9.64 Å². The van der Waals surface area contributed by atoms with Gasteiger partial charge in [-0.3, -0.25) is 0 Å². The van der Waals surface area contributed by atoms with Gasteiger partial charge in [0.25, 0.3) is 0 Å². The summed E-state index contributed by atoms with van der Waals surface area (Å²) in [5.74, 6) is 0.544. The molecule has 2 atom stereocenters. The van der Waals surface area contributed by atoms with Crippen LogP contribution in [0.3, 0.4) is 0 Å². The molecule has 0 radical (unpaired) electrons. The van der Waals surface area contributed by atoms with Crippen LogP contribution in [0.25, 0.3) is 0 Å². The lowest BCUT2D eigenvalue weighted by Gasteiger charge is -2.35. The van der Waals surface area contributed by atoms with Gasteiger partial charge in [0.1, 0.15) is 5.82 Å². The first-order chi connectivity index (χ1) is 8.60. The highest BCUT2D eigenvalue weighted by molar-refractivity contribution is 8.00. The van der Waals surface area contributed by atoms with Crippen LogP contribution in [0.2, 0.25) is 0 Å². The molecular formula is C13H18N2O2S. The van der Waals surface area contributed by atoms with Crippen LogP contribution in [-0.2, 0) is 4.74 Å². The quantitative estimate of drug-likeness (QED) is 0.768. The molecule has 4 nitrogen and oxygen atoms in total. The molecule has 0 N–H and O–H groups in total. The molecule has 1 aromatic rings. The van der Waals surface area contributed by atoms with E-state index in [2.05, 4.69) is 23.7 Å². The van der Waals surface area contributed by atoms with E-state index >= 15 is 0 Å². The van der Waals surface area contributed by atoms with Gasteiger partial charge in [0, 0.05) is 29.8 Å². The largest absolute Gasteiger partial charge is 0.465 e. The van der Waals surface area contributed by atoms with Crippen LogP contribution >= 0.6 is 11.8 Å². The Bertz CT molecular complexity index is 429. The average molecular weight is 266 g/mol. The number of aromatic nitrogens is 1. The fourth-order valence-corrected chi connectivity index (χ4v) is 3.53. The highest BCUT2D eigenvalue weighted by atomic mass is 32.2. The molecule has 2 rings (SSSR count). The summed E-state index contributed by atoms with van der Waals surface area (Å²) < 4.78 is 4.73. The number of esters is 1. The molecule has 0 aliphatic carbocycles. The topological polar surface area (TPSA) is 42.4 Å². The maximum absolute atomic E-state index is 11.5. The minimum Gasteiger partial charge on any atom is -0.465 e. The second-order valence-electron chi connectivity index (χ2n) is 4.56. The number of carbonyl (C=O) groups excluding carboxylic acids is 1. The number of ether oxygens (including phenoxy) is 1. The fourth-order valence-electron chi connectivity index (χ4n) is 2.20. The van der Waals surface area contributed by atoms with Crippen LogP contribution in [0.1, 0.15) is 24.2 Å². The molecule has 1 aliphatic rings. The Morgan fingerprint density at radius 3 is 2.72 bits per heavy atom. The third-order valence-corrected chi connectivity index (χ3v) is 4.14. The van der Waals surface area contributed by atoms with E-state index in [1.165, 1.54) is 7.11 Å². The Morgan fingerprint density at radius 1 is 1.44 bits per heavy atom. The molecule has 0 bridgehead atoms. The van der Waals surface area contributed by atoms with E-state index in [-0.39, 0.29) is 5.97 Å². The lowest BCUT2D eigenvalue weighted by atomic mass is 10.2. The van der Waals surface area contributed by atoms with E-state index in [1.807, 2.05) is 11.8 Å². The van der Waals surface area contributed by atoms with Gasteiger partial charge in [-0.05, 0) is 12.1 Å². The van der Waals surface area contributed by atoms with Gasteiger partial charge in [-0.15, -0.1) is 0 Å². The first-order valence-corrected chi connectivity index (χ1v) is 6.99. The number of pyridine rings is 1. The normalized spacial score (nSPS) is 23.8. The molecule has 18 heavy (non-hydrogen) atoms. The summed E-state index contributed by atoms with van der Waals surface area (Å²) in [6, 6.07) is 3.49. The van der Waals surface area contributed by atoms with E-state index < -0.39 is 0 Å². The lowest BCUT2D eigenvalue weighted by Crippen LogP contribution is -2.40. The van der Waals surface area contributed by atoms with Crippen molar-refractivity contribution in [2.45, 2.75) is 24.3 Å². The zero-order valence-electron chi connectivity index (χ0n) is 10.9. The van der Waals surface area contributed by atoms with Gasteiger partial charge in [0.2, 0.25) is 0 Å². The Balaban J connectivity index is 2.20. The number of carbonyl (C=O) groups is 1. The molecule has 1 aromatic heterocycles. The Kier molecular flexibility index (Phi) is 4.11. The predicted octanol–water partition coefficient (Wildman–Crippen LogP) is 2.20. The van der Waals surface area contributed by atoms with Gasteiger partial charge >= 0.3 is 5.97 Å². The maximum Gasteiger partial charge on any atom is 0.338 e. The number of hydrogen-bond acceptors (Lipinski definition) is 5. The minimum absolute atomic E-state index is 0.314. The maximum atomic E-state index is 11.5. The van der Waals surface area contributed by atoms with E-state index in [9.17, 15) is 4.79 Å². The molecule has 0 saturated carbocycles. The first-order valence-electron chi connectivity index (χ1n) is 6.05. The van der Waals surface area contributed by atoms with Gasteiger partial charge in [0.05, 0.1) is 12.7 Å². The van der Waals surface area contributed by atoms with Gasteiger partial charge in [-0.25, -0.2) is 9.78 Å². The molecule has 2 heterocycles. The molecule has 0 aromatic carbocycles. The predicted molar refractivity (Wildman–Crippen MR) is 74.3 cm³/mol. The Morgan fingerprint density at radius 2 is 2.11 bits per heavy atom. The van der Waals surface area contributed by atoms with Crippen molar-refractivity contribution in [2.75, 3.05) is 25.1 Å². The average Bonchev–Trinajstić information content (AvgIpc) is 2.37. The molecule has 1 saturated heterocycles. The summed E-state index contributed by atoms with van der Waals surface area (Å²) in [5, 5.41) is 1.16. The third kappa shape index (κ3) is 2.96. The van der Waals surface area contributed by atoms with Gasteiger partial charge in [-0.2, -0.15) is 11.8 Å². The molecule has 0 amide bonds. The van der Waals surface area contributed by atoms with Crippen molar-refractivity contribution in [1.29, 1.82) is 0 Å². The van der Waals surface area contributed by atoms with E-state index in [4.69, 9.17) is 4.74 Å². The summed E-state index contributed by atoms with van der Waals surface area (Å²) in [6.07, 6.45) is 1.67. The monoisotopic (exact) mass is 266 g/mol. The molecule has 1 fully saturated rings. The van der Waals surface area contributed by atoms with Gasteiger partial charge in [0.15, 0.2) is 0 Å². The molecule has 1 aliphatic heterocycles. The van der Waals surface area contributed by atoms with Crippen LogP contribution in [0.15, 0.2) is 18.3 Å². The molecule has 2 unspecified atom stereocenters. The zero-order valence-corrected chi connectivity index (χ0v) is 11.7. The summed E-state index contributed by atoms with van der Waals surface area (Å²) in [4.78, 5) is 18.1. The Labute approximate surface area is 112 Å². The third-order valence-electron chi connectivity index (χ3n) is 2.91. The lowest BCUT2D eigenvalue weighted by molar-refractivity contribution is 0.0600. The highest BCUT2D eigenvalue weighted by Gasteiger charge is 2.23. The minimum atomic E-state index is -0.314. The summed E-state index contributed by atoms with van der Waals surface area (Å²) in [5.41, 5.74) is 0.557. The summed E-state index contributed by atoms with van der Waals surface area (Å²) in [7, 11) is 1.39. The smallest absolute Gasteiger partial charge is 0.338 e. The number of anilines is 1. The number of rotatable bonds is 2. The zero-order chi connectivity index (χ0) is 13.1. The molecule has 98 valence electrons. The van der Waals surface area contributed by atoms with Crippen molar-refractivity contribution < 1.29 is 9.53 Å². The van der Waals surface area contributed by atoms with Crippen molar-refractivity contribution >= 4 is 23.5 Å². The fraction of sp³-hybridized carbons (Fsp3) is 0.538. The number of hydrogen-bond donors (Lipinski definition) is 0.